The zero-order valence-electron chi connectivity index (χ0n) is 24.5. The molecule has 212 valence electrons. The van der Waals surface area contributed by atoms with Crippen LogP contribution in [0.3, 0.4) is 0 Å². The van der Waals surface area contributed by atoms with Crippen LogP contribution in [0.4, 0.5) is 17.1 Å². The molecule has 3 heteroatoms. The summed E-state index contributed by atoms with van der Waals surface area (Å²) in [6, 6.07) is 61.4. The molecular weight excluding hydrogens is 565 g/mol. The molecule has 0 atom stereocenters. The summed E-state index contributed by atoms with van der Waals surface area (Å²) in [6.07, 6.45) is 0. The second-order valence-electron chi connectivity index (χ2n) is 11.4. The molecule has 2 nitrogen and oxygen atoms in total. The van der Waals surface area contributed by atoms with Gasteiger partial charge in [0.1, 0.15) is 0 Å². The summed E-state index contributed by atoms with van der Waals surface area (Å²) in [5.41, 5.74) is 9.40. The number of rotatable bonds is 5. The standard InChI is InChI=1S/C42H28N2S/c1-2-12-31(13-3-1)43(34-25-26-42-38(28-34)37-17-6-9-20-41(37)45-42)32-23-21-29(22-24-32)30-11-10-14-33(27-30)44-39-18-7-4-15-35(39)36-16-5-8-19-40(36)44/h1-28H. The first-order valence-corrected chi connectivity index (χ1v) is 16.1. The Morgan fingerprint density at radius 3 is 1.73 bits per heavy atom. The highest BCUT2D eigenvalue weighted by molar-refractivity contribution is 7.25. The molecule has 0 aliphatic carbocycles. The number of fused-ring (bicyclic) bond motifs is 6. The molecule has 0 fully saturated rings. The van der Waals surface area contributed by atoms with E-state index in [0.29, 0.717) is 0 Å². The fourth-order valence-corrected chi connectivity index (χ4v) is 7.79. The van der Waals surface area contributed by atoms with Crippen molar-refractivity contribution in [2.24, 2.45) is 0 Å². The van der Waals surface area contributed by atoms with Gasteiger partial charge in [0.2, 0.25) is 0 Å². The molecule has 0 aliphatic rings. The Balaban J connectivity index is 1.13. The van der Waals surface area contributed by atoms with Gasteiger partial charge in [-0.2, -0.15) is 0 Å². The minimum atomic E-state index is 1.13. The van der Waals surface area contributed by atoms with Crippen LogP contribution in [0.1, 0.15) is 0 Å². The molecule has 0 saturated carbocycles. The van der Waals surface area contributed by atoms with E-state index in [2.05, 4.69) is 179 Å². The van der Waals surface area contributed by atoms with Gasteiger partial charge in [0.05, 0.1) is 11.0 Å². The van der Waals surface area contributed by atoms with Crippen LogP contribution >= 0.6 is 11.3 Å². The number of hydrogen-bond donors (Lipinski definition) is 0. The maximum atomic E-state index is 2.38. The smallest absolute Gasteiger partial charge is 0.0541 e. The molecule has 0 N–H and O–H groups in total. The first-order chi connectivity index (χ1) is 22.3. The van der Waals surface area contributed by atoms with Crippen molar-refractivity contribution < 1.29 is 0 Å². The van der Waals surface area contributed by atoms with Crippen LogP contribution < -0.4 is 4.90 Å². The molecule has 0 saturated heterocycles. The summed E-state index contributed by atoms with van der Waals surface area (Å²) < 4.78 is 5.01. The van der Waals surface area contributed by atoms with Crippen molar-refractivity contribution in [2.45, 2.75) is 0 Å². The van der Waals surface area contributed by atoms with Gasteiger partial charge in [-0.05, 0) is 83.9 Å². The predicted octanol–water partition coefficient (Wildman–Crippen LogP) is 12.3. The Morgan fingerprint density at radius 2 is 0.978 bits per heavy atom. The van der Waals surface area contributed by atoms with Gasteiger partial charge < -0.3 is 9.47 Å². The minimum absolute atomic E-state index is 1.13. The molecule has 0 aliphatic heterocycles. The number of benzene rings is 7. The average molecular weight is 593 g/mol. The number of anilines is 3. The molecule has 0 spiro atoms. The van der Waals surface area contributed by atoms with E-state index >= 15 is 0 Å². The molecule has 9 aromatic rings. The number of hydrogen-bond acceptors (Lipinski definition) is 2. The summed E-state index contributed by atoms with van der Waals surface area (Å²) in [6.45, 7) is 0. The summed E-state index contributed by atoms with van der Waals surface area (Å²) in [5, 5.41) is 5.16. The van der Waals surface area contributed by atoms with Crippen LogP contribution in [0.2, 0.25) is 0 Å². The van der Waals surface area contributed by atoms with Gasteiger partial charge >= 0.3 is 0 Å². The van der Waals surface area contributed by atoms with Crippen molar-refractivity contribution in [3.8, 4) is 16.8 Å². The zero-order valence-corrected chi connectivity index (χ0v) is 25.3. The lowest BCUT2D eigenvalue weighted by Crippen LogP contribution is -2.09. The van der Waals surface area contributed by atoms with Gasteiger partial charge in [-0.25, -0.2) is 0 Å². The van der Waals surface area contributed by atoms with Gasteiger partial charge in [-0.3, -0.25) is 0 Å². The van der Waals surface area contributed by atoms with Crippen LogP contribution in [0, 0.1) is 0 Å². The van der Waals surface area contributed by atoms with Crippen LogP contribution in [0.15, 0.2) is 170 Å². The Kier molecular flexibility index (Phi) is 6.03. The number of aromatic nitrogens is 1. The Morgan fingerprint density at radius 1 is 0.378 bits per heavy atom. The van der Waals surface area contributed by atoms with E-state index in [4.69, 9.17) is 0 Å². The van der Waals surface area contributed by atoms with Crippen LogP contribution in [0.5, 0.6) is 0 Å². The van der Waals surface area contributed by atoms with E-state index in [1.807, 2.05) is 11.3 Å². The van der Waals surface area contributed by atoms with Gasteiger partial charge in [0, 0.05) is 53.7 Å². The topological polar surface area (TPSA) is 8.17 Å². The third-order valence-corrected chi connectivity index (χ3v) is 9.93. The number of para-hydroxylation sites is 3. The van der Waals surface area contributed by atoms with Crippen LogP contribution in [0.25, 0.3) is 58.8 Å². The molecule has 9 rings (SSSR count). The Labute approximate surface area is 265 Å². The van der Waals surface area contributed by atoms with E-state index in [9.17, 15) is 0 Å². The van der Waals surface area contributed by atoms with Gasteiger partial charge in [0.25, 0.3) is 0 Å². The summed E-state index contributed by atoms with van der Waals surface area (Å²) in [4.78, 5) is 2.35. The highest BCUT2D eigenvalue weighted by Gasteiger charge is 2.16. The van der Waals surface area contributed by atoms with E-state index in [1.54, 1.807) is 0 Å². The first-order valence-electron chi connectivity index (χ1n) is 15.3. The highest BCUT2D eigenvalue weighted by atomic mass is 32.1. The first kappa shape index (κ1) is 25.8. The molecule has 7 aromatic carbocycles. The van der Waals surface area contributed by atoms with E-state index in [0.717, 1.165) is 22.7 Å². The van der Waals surface area contributed by atoms with Crippen molar-refractivity contribution in [2.75, 3.05) is 4.90 Å². The molecular formula is C42H28N2S. The largest absolute Gasteiger partial charge is 0.310 e. The van der Waals surface area contributed by atoms with Crippen molar-refractivity contribution in [1.29, 1.82) is 0 Å². The molecule has 0 amide bonds. The average Bonchev–Trinajstić information content (AvgIpc) is 3.65. The molecule has 45 heavy (non-hydrogen) atoms. The van der Waals surface area contributed by atoms with E-state index in [1.165, 1.54) is 53.1 Å². The van der Waals surface area contributed by atoms with E-state index < -0.39 is 0 Å². The fourth-order valence-electron chi connectivity index (χ4n) is 6.71. The van der Waals surface area contributed by atoms with Gasteiger partial charge in [0.15, 0.2) is 0 Å². The van der Waals surface area contributed by atoms with Crippen LogP contribution in [-0.2, 0) is 0 Å². The second-order valence-corrected chi connectivity index (χ2v) is 12.5. The summed E-state index contributed by atoms with van der Waals surface area (Å²) in [5.74, 6) is 0. The minimum Gasteiger partial charge on any atom is -0.310 e. The normalized spacial score (nSPS) is 11.6. The number of nitrogens with zero attached hydrogens (tertiary/aromatic N) is 2. The van der Waals surface area contributed by atoms with Crippen molar-refractivity contribution in [1.82, 2.24) is 4.57 Å². The Hall–Kier alpha value is -5.64. The predicted molar refractivity (Wildman–Crippen MR) is 194 cm³/mol. The molecule has 2 heterocycles. The van der Waals surface area contributed by atoms with Gasteiger partial charge in [-0.15, -0.1) is 11.3 Å². The van der Waals surface area contributed by atoms with Crippen molar-refractivity contribution >= 4 is 70.4 Å². The third-order valence-electron chi connectivity index (χ3n) is 8.78. The molecule has 2 aromatic heterocycles. The molecule has 0 radical (unpaired) electrons. The van der Waals surface area contributed by atoms with Crippen LogP contribution in [-0.4, -0.2) is 4.57 Å². The summed E-state index contributed by atoms with van der Waals surface area (Å²) in [7, 11) is 0. The molecule has 0 unspecified atom stereocenters. The van der Waals surface area contributed by atoms with Crippen molar-refractivity contribution in [3.63, 3.8) is 0 Å². The maximum Gasteiger partial charge on any atom is 0.0541 e. The lowest BCUT2D eigenvalue weighted by Gasteiger charge is -2.26. The molecule has 0 bridgehead atoms. The summed E-state index contributed by atoms with van der Waals surface area (Å²) >= 11 is 1.85. The lowest BCUT2D eigenvalue weighted by molar-refractivity contribution is 1.18. The third kappa shape index (κ3) is 4.32. The van der Waals surface area contributed by atoms with Gasteiger partial charge in [-0.1, -0.05) is 97.1 Å². The Bertz CT molecular complexity index is 2430. The SMILES string of the molecule is c1ccc(N(c2ccc(-c3cccc(-n4c5ccccc5c5ccccc54)c3)cc2)c2ccc3sc4ccccc4c3c2)cc1. The van der Waals surface area contributed by atoms with Crippen molar-refractivity contribution in [3.05, 3.63) is 170 Å². The lowest BCUT2D eigenvalue weighted by atomic mass is 10.0. The van der Waals surface area contributed by atoms with E-state index in [-0.39, 0.29) is 0 Å². The maximum absolute atomic E-state index is 2.38. The fraction of sp³-hybridized carbons (Fsp3) is 0. The second kappa shape index (κ2) is 10.5. The highest BCUT2D eigenvalue weighted by Crippen LogP contribution is 2.41. The monoisotopic (exact) mass is 592 g/mol. The quantitative estimate of drug-likeness (QED) is 0.193. The number of thiophene rings is 1. The zero-order chi connectivity index (χ0) is 29.7.